The van der Waals surface area contributed by atoms with Crippen molar-refractivity contribution in [3.05, 3.63) is 34.7 Å². The van der Waals surface area contributed by atoms with Crippen LogP contribution in [0.1, 0.15) is 67.5 Å². The highest BCUT2D eigenvalue weighted by Gasteiger charge is 2.30. The van der Waals surface area contributed by atoms with Gasteiger partial charge in [-0.2, -0.15) is 5.10 Å². The lowest BCUT2D eigenvalue weighted by Gasteiger charge is -2.38. The first-order valence-corrected chi connectivity index (χ1v) is 13.0. The fourth-order valence-electron chi connectivity index (χ4n) is 5.73. The van der Waals surface area contributed by atoms with Crippen LogP contribution in [0.3, 0.4) is 0 Å². The van der Waals surface area contributed by atoms with Gasteiger partial charge in [0.25, 0.3) is 0 Å². The number of nitrogens with zero attached hydrogens (tertiary/aromatic N) is 5. The van der Waals surface area contributed by atoms with Crippen molar-refractivity contribution in [3.8, 4) is 11.3 Å². The SMILES string of the molecule is Cc1cc(-c2[nH]c3sc(C4CCC(N5CCOCC5)CC4)nc3c2C(C)C)cn2ncnc12. The maximum Gasteiger partial charge on any atom is 0.158 e. The Balaban J connectivity index is 1.28. The van der Waals surface area contributed by atoms with Gasteiger partial charge in [0.2, 0.25) is 0 Å². The Hall–Kier alpha value is -2.29. The molecule has 0 unspecified atom stereocenters. The van der Waals surface area contributed by atoms with Crippen molar-refractivity contribution in [3.63, 3.8) is 0 Å². The summed E-state index contributed by atoms with van der Waals surface area (Å²) < 4.78 is 7.41. The molecular formula is C25H32N6OS. The number of hydrogen-bond acceptors (Lipinski definition) is 6. The number of pyridine rings is 1. The van der Waals surface area contributed by atoms with Crippen LogP contribution in [0.2, 0.25) is 0 Å². The van der Waals surface area contributed by atoms with Crippen LogP contribution in [0.25, 0.3) is 27.3 Å². The van der Waals surface area contributed by atoms with Crippen molar-refractivity contribution < 1.29 is 4.74 Å². The molecule has 174 valence electrons. The predicted octanol–water partition coefficient (Wildman–Crippen LogP) is 5.12. The maximum atomic E-state index is 5.54. The molecule has 0 spiro atoms. The molecule has 5 heterocycles. The number of aromatic nitrogens is 5. The lowest BCUT2D eigenvalue weighted by molar-refractivity contribution is 0.00729. The van der Waals surface area contributed by atoms with E-state index >= 15 is 0 Å². The summed E-state index contributed by atoms with van der Waals surface area (Å²) in [6.45, 7) is 10.6. The van der Waals surface area contributed by atoms with Gasteiger partial charge >= 0.3 is 0 Å². The highest BCUT2D eigenvalue weighted by Crippen LogP contribution is 2.42. The van der Waals surface area contributed by atoms with Crippen LogP contribution < -0.4 is 0 Å². The fourth-order valence-corrected chi connectivity index (χ4v) is 6.88. The summed E-state index contributed by atoms with van der Waals surface area (Å²) in [5.41, 5.74) is 6.82. The monoisotopic (exact) mass is 464 g/mol. The largest absolute Gasteiger partial charge is 0.379 e. The molecule has 0 aromatic carbocycles. The first kappa shape index (κ1) is 21.3. The maximum absolute atomic E-state index is 5.54. The van der Waals surface area contributed by atoms with E-state index in [-0.39, 0.29) is 0 Å². The van der Waals surface area contributed by atoms with E-state index in [0.717, 1.165) is 54.6 Å². The molecule has 0 atom stereocenters. The highest BCUT2D eigenvalue weighted by atomic mass is 32.1. The van der Waals surface area contributed by atoms with Gasteiger partial charge in [0.05, 0.1) is 23.9 Å². The van der Waals surface area contributed by atoms with Crippen molar-refractivity contribution >= 4 is 27.3 Å². The van der Waals surface area contributed by atoms with Crippen LogP contribution in [0.15, 0.2) is 18.6 Å². The van der Waals surface area contributed by atoms with Crippen LogP contribution >= 0.6 is 11.3 Å². The first-order valence-electron chi connectivity index (χ1n) is 12.2. The van der Waals surface area contributed by atoms with Crippen LogP contribution in [-0.2, 0) is 4.74 Å². The Labute approximate surface area is 198 Å². The summed E-state index contributed by atoms with van der Waals surface area (Å²) in [4.78, 5) is 17.2. The molecule has 4 aromatic heterocycles. The number of aromatic amines is 1. The van der Waals surface area contributed by atoms with Crippen molar-refractivity contribution in [1.29, 1.82) is 0 Å². The van der Waals surface area contributed by atoms with Gasteiger partial charge < -0.3 is 9.72 Å². The number of aryl methyl sites for hydroxylation is 1. The molecule has 33 heavy (non-hydrogen) atoms. The molecule has 4 aromatic rings. The van der Waals surface area contributed by atoms with Gasteiger partial charge in [-0.15, -0.1) is 11.3 Å². The molecule has 1 aliphatic carbocycles. The zero-order chi connectivity index (χ0) is 22.5. The number of nitrogens with one attached hydrogen (secondary N) is 1. The van der Waals surface area contributed by atoms with E-state index in [1.54, 1.807) is 6.33 Å². The summed E-state index contributed by atoms with van der Waals surface area (Å²) in [5.74, 6) is 0.970. The third-order valence-electron chi connectivity index (χ3n) is 7.44. The Bertz CT molecular complexity index is 1270. The van der Waals surface area contributed by atoms with Gasteiger partial charge in [0.1, 0.15) is 16.7 Å². The van der Waals surface area contributed by atoms with Crippen LogP contribution in [0.5, 0.6) is 0 Å². The molecule has 1 saturated heterocycles. The molecule has 1 aliphatic heterocycles. The lowest BCUT2D eigenvalue weighted by atomic mass is 9.85. The number of ether oxygens (including phenoxy) is 1. The number of hydrogen-bond donors (Lipinski definition) is 1. The second-order valence-electron chi connectivity index (χ2n) is 9.89. The zero-order valence-electron chi connectivity index (χ0n) is 19.7. The smallest absolute Gasteiger partial charge is 0.158 e. The third-order valence-corrected chi connectivity index (χ3v) is 8.57. The number of morpholine rings is 1. The lowest BCUT2D eigenvalue weighted by Crippen LogP contribution is -2.44. The van der Waals surface area contributed by atoms with E-state index in [4.69, 9.17) is 9.72 Å². The average molecular weight is 465 g/mol. The van der Waals surface area contributed by atoms with Gasteiger partial charge in [-0.3, -0.25) is 4.90 Å². The molecule has 1 N–H and O–H groups in total. The van der Waals surface area contributed by atoms with Crippen molar-refractivity contribution in [2.75, 3.05) is 26.3 Å². The van der Waals surface area contributed by atoms with Gasteiger partial charge in [-0.1, -0.05) is 13.8 Å². The highest BCUT2D eigenvalue weighted by molar-refractivity contribution is 7.18. The van der Waals surface area contributed by atoms with Gasteiger partial charge in [0, 0.05) is 42.4 Å². The standard InChI is InChI=1S/C25H32N6OS/c1-15(2)20-21(18-12-16(3)23-26-14-27-31(23)13-18)28-25-22(20)29-24(33-25)17-4-6-19(7-5-17)30-8-10-32-11-9-30/h12-15,17,19,28H,4-11H2,1-3H3. The minimum absolute atomic E-state index is 0.382. The Morgan fingerprint density at radius 2 is 1.94 bits per heavy atom. The molecular weight excluding hydrogens is 432 g/mol. The van der Waals surface area contributed by atoms with E-state index in [0.29, 0.717) is 11.8 Å². The Morgan fingerprint density at radius 1 is 1.15 bits per heavy atom. The summed E-state index contributed by atoms with van der Waals surface area (Å²) in [6, 6.07) is 2.93. The molecule has 1 saturated carbocycles. The Morgan fingerprint density at radius 3 is 2.70 bits per heavy atom. The molecule has 8 heteroatoms. The number of fused-ring (bicyclic) bond motifs is 2. The molecule has 2 fully saturated rings. The third kappa shape index (κ3) is 3.78. The first-order chi connectivity index (χ1) is 16.1. The molecule has 7 nitrogen and oxygen atoms in total. The summed E-state index contributed by atoms with van der Waals surface area (Å²) in [5, 5.41) is 5.68. The second kappa shape index (κ2) is 8.49. The van der Waals surface area contributed by atoms with E-state index in [1.165, 1.54) is 46.8 Å². The summed E-state index contributed by atoms with van der Waals surface area (Å²) >= 11 is 1.86. The summed E-state index contributed by atoms with van der Waals surface area (Å²) in [7, 11) is 0. The van der Waals surface area contributed by atoms with Gasteiger partial charge in [0.15, 0.2) is 5.65 Å². The normalized spacial score (nSPS) is 22.7. The Kier molecular flexibility index (Phi) is 5.47. The molecule has 2 aliphatic rings. The minimum atomic E-state index is 0.382. The van der Waals surface area contributed by atoms with E-state index < -0.39 is 0 Å². The minimum Gasteiger partial charge on any atom is -0.379 e. The average Bonchev–Trinajstić information content (AvgIpc) is 3.54. The van der Waals surface area contributed by atoms with E-state index in [1.807, 2.05) is 15.9 Å². The molecule has 0 radical (unpaired) electrons. The van der Waals surface area contributed by atoms with E-state index in [2.05, 4.69) is 53.0 Å². The van der Waals surface area contributed by atoms with Gasteiger partial charge in [-0.25, -0.2) is 14.5 Å². The van der Waals surface area contributed by atoms with Crippen molar-refractivity contribution in [2.24, 2.45) is 0 Å². The van der Waals surface area contributed by atoms with Crippen molar-refractivity contribution in [1.82, 2.24) is 29.5 Å². The number of rotatable bonds is 4. The van der Waals surface area contributed by atoms with Crippen LogP contribution in [0, 0.1) is 6.92 Å². The number of thiazole rings is 1. The quantitative estimate of drug-likeness (QED) is 0.454. The summed E-state index contributed by atoms with van der Waals surface area (Å²) in [6.07, 6.45) is 8.72. The van der Waals surface area contributed by atoms with Crippen LogP contribution in [0.4, 0.5) is 0 Å². The van der Waals surface area contributed by atoms with Crippen molar-refractivity contribution in [2.45, 2.75) is 64.3 Å². The molecule has 0 bridgehead atoms. The van der Waals surface area contributed by atoms with Crippen LogP contribution in [-0.4, -0.2) is 61.8 Å². The second-order valence-corrected chi connectivity index (χ2v) is 10.9. The fraction of sp³-hybridized carbons (Fsp3) is 0.560. The zero-order valence-corrected chi connectivity index (χ0v) is 20.5. The number of H-pyrrole nitrogens is 1. The van der Waals surface area contributed by atoms with Gasteiger partial charge in [-0.05, 0) is 50.2 Å². The molecule has 0 amide bonds. The predicted molar refractivity (Wildman–Crippen MR) is 132 cm³/mol. The van der Waals surface area contributed by atoms with E-state index in [9.17, 15) is 0 Å². The molecule has 6 rings (SSSR count). The topological polar surface area (TPSA) is 71.3 Å².